The molecular formula is C14H19NO5. The van der Waals surface area contributed by atoms with E-state index in [4.69, 9.17) is 4.74 Å². The molecule has 0 saturated heterocycles. The highest BCUT2D eigenvalue weighted by Gasteiger charge is 2.25. The first-order chi connectivity index (χ1) is 9.45. The van der Waals surface area contributed by atoms with Gasteiger partial charge in [0.2, 0.25) is 0 Å². The summed E-state index contributed by atoms with van der Waals surface area (Å²) >= 11 is 0. The summed E-state index contributed by atoms with van der Waals surface area (Å²) in [6, 6.07) is 5.10. The molecule has 20 heavy (non-hydrogen) atoms. The number of esters is 1. The molecular weight excluding hydrogens is 262 g/mol. The van der Waals surface area contributed by atoms with E-state index in [1.165, 1.54) is 12.1 Å². The summed E-state index contributed by atoms with van der Waals surface area (Å²) in [6.45, 7) is 2.30. The molecule has 1 atom stereocenters. The summed E-state index contributed by atoms with van der Waals surface area (Å²) in [5.74, 6) is -1.29. The van der Waals surface area contributed by atoms with Crippen LogP contribution in [0.5, 0.6) is 5.75 Å². The number of nitrogens with zero attached hydrogens (tertiary/aromatic N) is 1. The molecule has 0 amide bonds. The Morgan fingerprint density at radius 3 is 2.40 bits per heavy atom. The second-order valence-electron chi connectivity index (χ2n) is 4.37. The highest BCUT2D eigenvalue weighted by atomic mass is 16.5. The van der Waals surface area contributed by atoms with E-state index in [0.717, 1.165) is 0 Å². The van der Waals surface area contributed by atoms with Crippen LogP contribution in [-0.2, 0) is 14.3 Å². The smallest absolute Gasteiger partial charge is 0.325 e. The number of aromatic hydroxyl groups is 1. The van der Waals surface area contributed by atoms with E-state index in [9.17, 15) is 19.8 Å². The van der Waals surface area contributed by atoms with Crippen molar-refractivity contribution in [2.45, 2.75) is 19.4 Å². The summed E-state index contributed by atoms with van der Waals surface area (Å²) in [7, 11) is 1.63. The van der Waals surface area contributed by atoms with Crippen molar-refractivity contribution in [3.05, 3.63) is 29.8 Å². The lowest BCUT2D eigenvalue weighted by atomic mass is 10.1. The summed E-state index contributed by atoms with van der Waals surface area (Å²) in [6.07, 6.45) is 0.131. The zero-order valence-electron chi connectivity index (χ0n) is 11.6. The fourth-order valence-electron chi connectivity index (χ4n) is 1.87. The molecule has 0 aliphatic heterocycles. The van der Waals surface area contributed by atoms with E-state index in [1.54, 1.807) is 31.0 Å². The fraction of sp³-hybridized carbons (Fsp3) is 0.429. The maximum atomic E-state index is 11.4. The van der Waals surface area contributed by atoms with Gasteiger partial charge in [-0.25, -0.2) is 0 Å². The Bertz CT molecular complexity index is 457. The molecule has 6 nitrogen and oxygen atoms in total. The minimum Gasteiger partial charge on any atom is -0.508 e. The van der Waals surface area contributed by atoms with E-state index < -0.39 is 12.0 Å². The zero-order valence-corrected chi connectivity index (χ0v) is 11.6. The second-order valence-corrected chi connectivity index (χ2v) is 4.37. The van der Waals surface area contributed by atoms with Crippen LogP contribution in [0.4, 0.5) is 0 Å². The van der Waals surface area contributed by atoms with Gasteiger partial charge in [-0.3, -0.25) is 14.5 Å². The summed E-state index contributed by atoms with van der Waals surface area (Å²) in [4.78, 5) is 24.2. The molecule has 1 aromatic carbocycles. The fourth-order valence-corrected chi connectivity index (χ4v) is 1.87. The van der Waals surface area contributed by atoms with Gasteiger partial charge in [0.1, 0.15) is 11.8 Å². The molecule has 1 unspecified atom stereocenters. The second kappa shape index (κ2) is 7.49. The van der Waals surface area contributed by atoms with Gasteiger partial charge in [-0.1, -0.05) is 12.1 Å². The molecule has 0 fully saturated rings. The number of carboxylic acid groups (broad SMARTS) is 1. The molecule has 2 N–H and O–H groups in total. The molecule has 1 rings (SSSR count). The van der Waals surface area contributed by atoms with Crippen molar-refractivity contribution >= 4 is 11.9 Å². The Kier molecular flexibility index (Phi) is 5.99. The maximum absolute atomic E-state index is 11.4. The SMILES string of the molecule is CCOC(=O)CCN(C)C(C(=O)O)c1ccc(O)cc1. The van der Waals surface area contributed by atoms with E-state index in [0.29, 0.717) is 12.2 Å². The molecule has 0 saturated carbocycles. The number of ether oxygens (including phenoxy) is 1. The lowest BCUT2D eigenvalue weighted by molar-refractivity contribution is -0.146. The number of hydrogen-bond acceptors (Lipinski definition) is 5. The molecule has 0 bridgehead atoms. The molecule has 6 heteroatoms. The van der Waals surface area contributed by atoms with Crippen LogP contribution in [0.25, 0.3) is 0 Å². The number of carbonyl (C=O) groups is 2. The third-order valence-corrected chi connectivity index (χ3v) is 2.86. The zero-order chi connectivity index (χ0) is 15.1. The molecule has 0 aliphatic rings. The molecule has 110 valence electrons. The van der Waals surface area contributed by atoms with Gasteiger partial charge in [-0.05, 0) is 31.7 Å². The van der Waals surface area contributed by atoms with E-state index in [2.05, 4.69) is 0 Å². The Balaban J connectivity index is 2.73. The highest BCUT2D eigenvalue weighted by Crippen LogP contribution is 2.22. The number of carboxylic acids is 1. The number of phenols is 1. The molecule has 1 aromatic rings. The largest absolute Gasteiger partial charge is 0.508 e. The first-order valence-corrected chi connectivity index (χ1v) is 6.33. The van der Waals surface area contributed by atoms with Gasteiger partial charge >= 0.3 is 11.9 Å². The van der Waals surface area contributed by atoms with Gasteiger partial charge in [-0.2, -0.15) is 0 Å². The van der Waals surface area contributed by atoms with E-state index >= 15 is 0 Å². The summed E-state index contributed by atoms with van der Waals surface area (Å²) in [5, 5.41) is 18.5. The van der Waals surface area contributed by atoms with Crippen molar-refractivity contribution in [1.29, 1.82) is 0 Å². The summed E-state index contributed by atoms with van der Waals surface area (Å²) < 4.78 is 4.81. The van der Waals surface area contributed by atoms with Crippen LogP contribution >= 0.6 is 0 Å². The van der Waals surface area contributed by atoms with Crippen LogP contribution in [0.3, 0.4) is 0 Å². The predicted molar refractivity (Wildman–Crippen MR) is 72.4 cm³/mol. The Labute approximate surface area is 117 Å². The number of aliphatic carboxylic acids is 1. The minimum atomic E-state index is -1.01. The van der Waals surface area contributed by atoms with E-state index in [-0.39, 0.29) is 24.7 Å². The molecule has 0 heterocycles. The topological polar surface area (TPSA) is 87.1 Å². The average Bonchev–Trinajstić information content (AvgIpc) is 2.39. The number of likely N-dealkylation sites (N-methyl/N-ethyl adjacent to an activating group) is 1. The van der Waals surface area contributed by atoms with Gasteiger partial charge in [0, 0.05) is 6.54 Å². The van der Waals surface area contributed by atoms with Crippen molar-refractivity contribution in [2.75, 3.05) is 20.2 Å². The van der Waals surface area contributed by atoms with Gasteiger partial charge in [-0.15, -0.1) is 0 Å². The van der Waals surface area contributed by atoms with Crippen molar-refractivity contribution in [1.82, 2.24) is 4.90 Å². The highest BCUT2D eigenvalue weighted by molar-refractivity contribution is 5.76. The summed E-state index contributed by atoms with van der Waals surface area (Å²) in [5.41, 5.74) is 0.543. The van der Waals surface area contributed by atoms with Gasteiger partial charge in [0.05, 0.1) is 13.0 Å². The van der Waals surface area contributed by atoms with Crippen LogP contribution in [-0.4, -0.2) is 47.3 Å². The lowest BCUT2D eigenvalue weighted by Crippen LogP contribution is -2.32. The Morgan fingerprint density at radius 1 is 1.30 bits per heavy atom. The molecule has 0 spiro atoms. The van der Waals surface area contributed by atoms with Gasteiger partial charge < -0.3 is 14.9 Å². The molecule has 0 aromatic heterocycles. The normalized spacial score (nSPS) is 12.2. The third-order valence-electron chi connectivity index (χ3n) is 2.86. The van der Waals surface area contributed by atoms with Crippen LogP contribution in [0.15, 0.2) is 24.3 Å². The van der Waals surface area contributed by atoms with Crippen LogP contribution in [0.1, 0.15) is 24.9 Å². The van der Waals surface area contributed by atoms with Crippen LogP contribution in [0, 0.1) is 0 Å². The minimum absolute atomic E-state index is 0.0760. The lowest BCUT2D eigenvalue weighted by Gasteiger charge is -2.24. The predicted octanol–water partition coefficient (Wildman–Crippen LogP) is 1.40. The van der Waals surface area contributed by atoms with Gasteiger partial charge in [0.25, 0.3) is 0 Å². The van der Waals surface area contributed by atoms with Crippen molar-refractivity contribution in [3.63, 3.8) is 0 Å². The van der Waals surface area contributed by atoms with Gasteiger partial charge in [0.15, 0.2) is 0 Å². The van der Waals surface area contributed by atoms with Crippen molar-refractivity contribution in [3.8, 4) is 5.75 Å². The number of benzene rings is 1. The Morgan fingerprint density at radius 2 is 1.90 bits per heavy atom. The first-order valence-electron chi connectivity index (χ1n) is 6.33. The molecule has 0 aliphatic carbocycles. The first kappa shape index (κ1) is 16.0. The number of phenolic OH excluding ortho intramolecular Hbond substituents is 1. The van der Waals surface area contributed by atoms with Crippen molar-refractivity contribution < 1.29 is 24.5 Å². The monoisotopic (exact) mass is 281 g/mol. The quantitative estimate of drug-likeness (QED) is 0.735. The van der Waals surface area contributed by atoms with E-state index in [1.807, 2.05) is 0 Å². The van der Waals surface area contributed by atoms with Crippen LogP contribution in [0.2, 0.25) is 0 Å². The number of rotatable bonds is 7. The number of carbonyl (C=O) groups excluding carboxylic acids is 1. The van der Waals surface area contributed by atoms with Crippen molar-refractivity contribution in [2.24, 2.45) is 0 Å². The number of hydrogen-bond donors (Lipinski definition) is 2. The Hall–Kier alpha value is -2.08. The maximum Gasteiger partial charge on any atom is 0.325 e. The molecule has 0 radical (unpaired) electrons. The average molecular weight is 281 g/mol. The van der Waals surface area contributed by atoms with Crippen LogP contribution < -0.4 is 0 Å². The standard InChI is InChI=1S/C14H19NO5/c1-3-20-12(17)8-9-15(2)13(14(18)19)10-4-6-11(16)7-5-10/h4-7,13,16H,3,8-9H2,1-2H3,(H,18,19). The third kappa shape index (κ3) is 4.55.